The largest absolute Gasteiger partial charge is 0.484 e. The highest BCUT2D eigenvalue weighted by atomic mass is 35.5. The molecule has 1 aliphatic rings. The average molecular weight is 553 g/mol. The molecule has 1 unspecified atom stereocenters. The molecule has 1 fully saturated rings. The molecular weight excluding hydrogens is 528 g/mol. The van der Waals surface area contributed by atoms with E-state index in [0.29, 0.717) is 5.75 Å². The Labute approximate surface area is 229 Å². The first-order chi connectivity index (χ1) is 18.3. The van der Waals surface area contributed by atoms with E-state index in [1.54, 1.807) is 24.3 Å². The number of nitrogens with one attached hydrogen (secondary N) is 1. The molecule has 1 saturated heterocycles. The number of esters is 1. The van der Waals surface area contributed by atoms with E-state index in [9.17, 15) is 19.2 Å². The van der Waals surface area contributed by atoms with Crippen LogP contribution in [0.5, 0.6) is 5.75 Å². The van der Waals surface area contributed by atoms with Crippen molar-refractivity contribution in [2.75, 3.05) is 6.61 Å². The molecule has 1 N–H and O–H groups in total. The number of carbonyl (C=O) groups excluding carboxylic acids is 4. The van der Waals surface area contributed by atoms with Gasteiger partial charge in [0.05, 0.1) is 0 Å². The highest BCUT2D eigenvalue weighted by Gasteiger charge is 2.54. The normalized spacial score (nSPS) is 17.3. The second-order valence-electron chi connectivity index (χ2n) is 8.37. The minimum absolute atomic E-state index is 0.309. The molecule has 0 radical (unpaired) electrons. The third-order valence-corrected chi connectivity index (χ3v) is 7.13. The summed E-state index contributed by atoms with van der Waals surface area (Å²) < 4.78 is 11.2. The highest BCUT2D eigenvalue weighted by molar-refractivity contribution is 8.14. The van der Waals surface area contributed by atoms with Gasteiger partial charge >= 0.3 is 5.97 Å². The topological polar surface area (TPSA) is 102 Å². The summed E-state index contributed by atoms with van der Waals surface area (Å²) in [4.78, 5) is 51.5. The Kier molecular flexibility index (Phi) is 9.04. The van der Waals surface area contributed by atoms with E-state index in [4.69, 9.17) is 21.1 Å². The predicted octanol–water partition coefficient (Wildman–Crippen LogP) is 3.90. The number of nitrogens with zero attached hydrogens (tertiary/aromatic N) is 1. The molecule has 0 spiro atoms. The second kappa shape index (κ2) is 12.6. The molecule has 0 aromatic heterocycles. The number of rotatable bonds is 10. The Morgan fingerprint density at radius 2 is 1.45 bits per heavy atom. The Morgan fingerprint density at radius 3 is 1.97 bits per heavy atom. The van der Waals surface area contributed by atoms with Gasteiger partial charge < -0.3 is 14.8 Å². The molecule has 3 aromatic rings. The fraction of sp³-hybridized carbons (Fsp3) is 0.214. The molecule has 38 heavy (non-hydrogen) atoms. The first-order valence-corrected chi connectivity index (χ1v) is 13.1. The van der Waals surface area contributed by atoms with Gasteiger partial charge in [0.15, 0.2) is 17.8 Å². The lowest BCUT2D eigenvalue weighted by atomic mass is 10.0. The van der Waals surface area contributed by atoms with Crippen molar-refractivity contribution in [2.24, 2.45) is 0 Å². The number of alkyl halides is 1. The Hall–Kier alpha value is -3.82. The molecule has 1 aliphatic heterocycles. The minimum atomic E-state index is -1.51. The summed E-state index contributed by atoms with van der Waals surface area (Å²) in [7, 11) is 0. The van der Waals surface area contributed by atoms with Crippen LogP contribution in [0.15, 0.2) is 91.0 Å². The van der Waals surface area contributed by atoms with Crippen LogP contribution < -0.4 is 10.1 Å². The van der Waals surface area contributed by atoms with Crippen LogP contribution in [0.3, 0.4) is 0 Å². The van der Waals surface area contributed by atoms with E-state index in [0.717, 1.165) is 27.8 Å². The van der Waals surface area contributed by atoms with Gasteiger partial charge in [-0.1, -0.05) is 102 Å². The fourth-order valence-corrected chi connectivity index (χ4v) is 5.24. The monoisotopic (exact) mass is 552 g/mol. The maximum Gasteiger partial charge on any atom is 0.345 e. The van der Waals surface area contributed by atoms with E-state index in [-0.39, 0.29) is 11.7 Å². The first-order valence-electron chi connectivity index (χ1n) is 11.8. The lowest BCUT2D eigenvalue weighted by Gasteiger charge is -2.47. The standard InChI is InChI=1S/C28H25ClN2O6S/c1-18(32)38-27-23(30-22(33)17-36-21-15-9-4-10-16-21)26(34)31(27)25(29)28(35)37-24(19-11-5-2-6-12-19)20-13-7-3-8-14-20/h2-16,23-25,27H,17H2,1H3,(H,30,33)/t23-,25?,27-/m1/s1. The van der Waals surface area contributed by atoms with E-state index >= 15 is 0 Å². The van der Waals surface area contributed by atoms with E-state index < -0.39 is 40.8 Å². The zero-order valence-electron chi connectivity index (χ0n) is 20.4. The van der Waals surface area contributed by atoms with Crippen molar-refractivity contribution in [3.8, 4) is 5.75 Å². The van der Waals surface area contributed by atoms with Crippen molar-refractivity contribution in [2.45, 2.75) is 29.9 Å². The Morgan fingerprint density at radius 1 is 0.921 bits per heavy atom. The van der Waals surface area contributed by atoms with Crippen molar-refractivity contribution >= 4 is 46.3 Å². The summed E-state index contributed by atoms with van der Waals surface area (Å²) in [5.41, 5.74) is -0.0591. The SMILES string of the molecule is CC(=O)S[C@@H]1[C@H](NC(=O)COc2ccccc2)C(=O)N1C(Cl)C(=O)OC(c1ccccc1)c1ccccc1. The third-order valence-electron chi connectivity index (χ3n) is 5.67. The molecule has 0 aliphatic carbocycles. The fourth-order valence-electron chi connectivity index (χ4n) is 3.91. The minimum Gasteiger partial charge on any atom is -0.484 e. The smallest absolute Gasteiger partial charge is 0.345 e. The quantitative estimate of drug-likeness (QED) is 0.176. The van der Waals surface area contributed by atoms with Crippen molar-refractivity contribution in [3.63, 3.8) is 0 Å². The van der Waals surface area contributed by atoms with Crippen molar-refractivity contribution in [1.29, 1.82) is 0 Å². The molecule has 10 heteroatoms. The molecule has 3 atom stereocenters. The number of likely N-dealkylation sites (tertiary alicyclic amines) is 1. The summed E-state index contributed by atoms with van der Waals surface area (Å²) in [6.45, 7) is 0.999. The van der Waals surface area contributed by atoms with Crippen LogP contribution in [-0.2, 0) is 23.9 Å². The maximum absolute atomic E-state index is 13.1. The zero-order chi connectivity index (χ0) is 27.1. The summed E-state index contributed by atoms with van der Waals surface area (Å²) in [5, 5.41) is 1.37. The number of benzene rings is 3. The molecule has 8 nitrogen and oxygen atoms in total. The molecule has 2 amide bonds. The molecule has 0 bridgehead atoms. The van der Waals surface area contributed by atoms with Crippen molar-refractivity contribution < 1.29 is 28.7 Å². The van der Waals surface area contributed by atoms with Crippen molar-refractivity contribution in [1.82, 2.24) is 10.2 Å². The molecule has 1 heterocycles. The number of ether oxygens (including phenoxy) is 2. The van der Waals surface area contributed by atoms with Gasteiger partial charge in [0.2, 0.25) is 5.50 Å². The number of thioether (sulfide) groups is 1. The van der Waals surface area contributed by atoms with Gasteiger partial charge in [-0.3, -0.25) is 19.3 Å². The summed E-state index contributed by atoms with van der Waals surface area (Å²) in [6, 6.07) is 25.9. The molecule has 0 saturated carbocycles. The zero-order valence-corrected chi connectivity index (χ0v) is 21.9. The summed E-state index contributed by atoms with van der Waals surface area (Å²) in [5.74, 6) is -1.52. The summed E-state index contributed by atoms with van der Waals surface area (Å²) in [6.07, 6.45) is -0.757. The Balaban J connectivity index is 1.44. The van der Waals surface area contributed by atoms with Crippen LogP contribution in [0.25, 0.3) is 0 Å². The van der Waals surface area contributed by atoms with Gasteiger partial charge in [0.25, 0.3) is 11.8 Å². The number of hydrogen-bond donors (Lipinski definition) is 1. The predicted molar refractivity (Wildman–Crippen MR) is 143 cm³/mol. The highest BCUT2D eigenvalue weighted by Crippen LogP contribution is 2.35. The van der Waals surface area contributed by atoms with Gasteiger partial charge in [-0.2, -0.15) is 0 Å². The lowest BCUT2D eigenvalue weighted by molar-refractivity contribution is -0.162. The van der Waals surface area contributed by atoms with Crippen LogP contribution in [0, 0.1) is 0 Å². The number of β-lactam (4-membered cyclic amide) rings is 1. The number of para-hydroxylation sites is 1. The van der Waals surface area contributed by atoms with Crippen LogP contribution in [0.2, 0.25) is 0 Å². The molecule has 4 rings (SSSR count). The number of hydrogen-bond acceptors (Lipinski definition) is 7. The van der Waals surface area contributed by atoms with E-state index in [1.165, 1.54) is 6.92 Å². The van der Waals surface area contributed by atoms with Gasteiger partial charge in [-0.05, 0) is 23.3 Å². The van der Waals surface area contributed by atoms with Gasteiger partial charge in [0, 0.05) is 6.92 Å². The van der Waals surface area contributed by atoms with Crippen LogP contribution in [0.1, 0.15) is 24.2 Å². The number of amides is 2. The lowest BCUT2D eigenvalue weighted by Crippen LogP contribution is -2.72. The van der Waals surface area contributed by atoms with E-state index in [1.807, 2.05) is 66.7 Å². The van der Waals surface area contributed by atoms with Crippen molar-refractivity contribution in [3.05, 3.63) is 102 Å². The van der Waals surface area contributed by atoms with E-state index in [2.05, 4.69) is 5.32 Å². The van der Waals surface area contributed by atoms with Crippen LogP contribution >= 0.6 is 23.4 Å². The van der Waals surface area contributed by atoms with Crippen LogP contribution in [-0.4, -0.2) is 51.3 Å². The molecular formula is C28H25ClN2O6S. The second-order valence-corrected chi connectivity index (χ2v) is 10.1. The van der Waals surface area contributed by atoms with Gasteiger partial charge in [-0.15, -0.1) is 0 Å². The number of carbonyl (C=O) groups is 4. The first kappa shape index (κ1) is 27.2. The number of halogens is 1. The molecule has 196 valence electrons. The van der Waals surface area contributed by atoms with Gasteiger partial charge in [-0.25, -0.2) is 4.79 Å². The summed E-state index contributed by atoms with van der Waals surface area (Å²) >= 11 is 7.23. The molecule has 3 aromatic carbocycles. The van der Waals surface area contributed by atoms with Crippen LogP contribution in [0.4, 0.5) is 0 Å². The van der Waals surface area contributed by atoms with Gasteiger partial charge in [0.1, 0.15) is 17.2 Å². The average Bonchev–Trinajstić information content (AvgIpc) is 2.94. The maximum atomic E-state index is 13.1. The third kappa shape index (κ3) is 6.54. The Bertz CT molecular complexity index is 1240.